The van der Waals surface area contributed by atoms with E-state index in [1.165, 1.54) is 12.8 Å². The van der Waals surface area contributed by atoms with Crippen molar-refractivity contribution in [2.45, 2.75) is 38.7 Å². The van der Waals surface area contributed by atoms with E-state index in [-0.39, 0.29) is 0 Å². The van der Waals surface area contributed by atoms with Gasteiger partial charge in [-0.2, -0.15) is 0 Å². The van der Waals surface area contributed by atoms with Crippen LogP contribution in [0.25, 0.3) is 0 Å². The first-order chi connectivity index (χ1) is 5.33. The molecule has 0 bridgehead atoms. The highest BCUT2D eigenvalue weighted by Gasteiger charge is 2.16. The second-order valence-electron chi connectivity index (χ2n) is 2.94. The Morgan fingerprint density at radius 1 is 1.64 bits per heavy atom. The Balaban J connectivity index is 2.02. The molecule has 1 rings (SSSR count). The Bertz CT molecular complexity index is 147. The molecule has 0 aromatic rings. The molecule has 1 aliphatic rings. The van der Waals surface area contributed by atoms with E-state index >= 15 is 0 Å². The molecular formula is C8H14BrNO. The van der Waals surface area contributed by atoms with E-state index in [0.717, 1.165) is 23.9 Å². The molecule has 1 aliphatic heterocycles. The van der Waals surface area contributed by atoms with Gasteiger partial charge in [-0.15, -0.1) is 0 Å². The van der Waals surface area contributed by atoms with Crippen LogP contribution in [0, 0.1) is 0 Å². The molecule has 0 aliphatic carbocycles. The Morgan fingerprint density at radius 2 is 2.45 bits per heavy atom. The maximum Gasteiger partial charge on any atom is 0.132 e. The summed E-state index contributed by atoms with van der Waals surface area (Å²) >= 11 is 3.40. The summed E-state index contributed by atoms with van der Waals surface area (Å²) < 4.78 is 0. The fourth-order valence-electron chi connectivity index (χ4n) is 1.19. The van der Waals surface area contributed by atoms with E-state index in [0.29, 0.717) is 6.10 Å². The van der Waals surface area contributed by atoms with Crippen LogP contribution in [0.15, 0.2) is 5.16 Å². The topological polar surface area (TPSA) is 21.6 Å². The van der Waals surface area contributed by atoms with E-state index in [1.807, 2.05) is 6.92 Å². The van der Waals surface area contributed by atoms with Crippen molar-refractivity contribution in [3.8, 4) is 0 Å². The van der Waals surface area contributed by atoms with Crippen molar-refractivity contribution < 1.29 is 4.84 Å². The number of rotatable bonds is 4. The van der Waals surface area contributed by atoms with Gasteiger partial charge in [0.1, 0.15) is 6.10 Å². The normalized spacial score (nSPS) is 23.1. The van der Waals surface area contributed by atoms with E-state index in [4.69, 9.17) is 4.84 Å². The monoisotopic (exact) mass is 219 g/mol. The molecule has 64 valence electrons. The summed E-state index contributed by atoms with van der Waals surface area (Å²) in [5.41, 5.74) is 1.13. The molecule has 0 fully saturated rings. The Labute approximate surface area is 76.1 Å². The summed E-state index contributed by atoms with van der Waals surface area (Å²) in [5, 5.41) is 5.00. The lowest BCUT2D eigenvalue weighted by Gasteiger charge is -2.05. The van der Waals surface area contributed by atoms with Crippen LogP contribution in [0.4, 0.5) is 0 Å². The molecule has 3 heteroatoms. The van der Waals surface area contributed by atoms with E-state index in [9.17, 15) is 0 Å². The van der Waals surface area contributed by atoms with Gasteiger partial charge in [-0.1, -0.05) is 21.1 Å². The van der Waals surface area contributed by atoms with Crippen LogP contribution in [0.3, 0.4) is 0 Å². The molecule has 0 spiro atoms. The number of halogens is 1. The molecule has 0 saturated heterocycles. The number of alkyl halides is 1. The van der Waals surface area contributed by atoms with Crippen molar-refractivity contribution in [3.05, 3.63) is 0 Å². The zero-order chi connectivity index (χ0) is 8.10. The number of nitrogens with zero attached hydrogens (tertiary/aromatic N) is 1. The second kappa shape index (κ2) is 4.75. The van der Waals surface area contributed by atoms with Gasteiger partial charge in [0, 0.05) is 11.8 Å². The fraction of sp³-hybridized carbons (Fsp3) is 0.875. The van der Waals surface area contributed by atoms with Crippen LogP contribution in [-0.2, 0) is 4.84 Å². The first-order valence-electron chi connectivity index (χ1n) is 4.08. The van der Waals surface area contributed by atoms with Crippen molar-refractivity contribution in [2.75, 3.05) is 5.33 Å². The zero-order valence-corrected chi connectivity index (χ0v) is 8.43. The third kappa shape index (κ3) is 3.23. The molecular weight excluding hydrogens is 206 g/mol. The molecule has 2 nitrogen and oxygen atoms in total. The van der Waals surface area contributed by atoms with Crippen molar-refractivity contribution in [2.24, 2.45) is 5.16 Å². The van der Waals surface area contributed by atoms with Gasteiger partial charge in [0.2, 0.25) is 0 Å². The highest BCUT2D eigenvalue weighted by atomic mass is 79.9. The van der Waals surface area contributed by atoms with E-state index in [1.54, 1.807) is 0 Å². The zero-order valence-electron chi connectivity index (χ0n) is 6.85. The largest absolute Gasteiger partial charge is 0.392 e. The van der Waals surface area contributed by atoms with Gasteiger partial charge in [0.15, 0.2) is 0 Å². The Hall–Kier alpha value is -0.0500. The summed E-state index contributed by atoms with van der Waals surface area (Å²) in [4.78, 5) is 5.18. The highest BCUT2D eigenvalue weighted by Crippen LogP contribution is 2.16. The molecule has 0 aromatic carbocycles. The molecule has 11 heavy (non-hydrogen) atoms. The van der Waals surface area contributed by atoms with Crippen molar-refractivity contribution in [1.29, 1.82) is 0 Å². The standard InChI is InChI=1S/C8H14BrNO/c1-7-6-8(11-10-7)4-2-3-5-9/h8H,2-6H2,1H3. The van der Waals surface area contributed by atoms with Crippen LogP contribution >= 0.6 is 15.9 Å². The summed E-state index contributed by atoms with van der Waals surface area (Å²) in [5.74, 6) is 0. The Kier molecular flexibility index (Phi) is 3.91. The molecule has 1 atom stereocenters. The minimum absolute atomic E-state index is 0.369. The summed E-state index contributed by atoms with van der Waals surface area (Å²) in [6.07, 6.45) is 5.01. The van der Waals surface area contributed by atoms with Crippen molar-refractivity contribution >= 4 is 21.6 Å². The predicted molar refractivity (Wildman–Crippen MR) is 50.2 cm³/mol. The number of hydrogen-bond acceptors (Lipinski definition) is 2. The third-order valence-electron chi connectivity index (χ3n) is 1.79. The maximum absolute atomic E-state index is 5.18. The van der Waals surface area contributed by atoms with Crippen LogP contribution < -0.4 is 0 Å². The van der Waals surface area contributed by atoms with Crippen LogP contribution in [-0.4, -0.2) is 17.1 Å². The molecule has 1 unspecified atom stereocenters. The van der Waals surface area contributed by atoms with E-state index < -0.39 is 0 Å². The lowest BCUT2D eigenvalue weighted by Crippen LogP contribution is -2.06. The summed E-state index contributed by atoms with van der Waals surface area (Å²) in [6, 6.07) is 0. The number of oxime groups is 1. The number of hydrogen-bond donors (Lipinski definition) is 0. The minimum Gasteiger partial charge on any atom is -0.392 e. The van der Waals surface area contributed by atoms with Crippen molar-refractivity contribution in [3.63, 3.8) is 0 Å². The van der Waals surface area contributed by atoms with Gasteiger partial charge in [0.25, 0.3) is 0 Å². The fourth-order valence-corrected chi connectivity index (χ4v) is 1.59. The minimum atomic E-state index is 0.369. The molecule has 0 amide bonds. The van der Waals surface area contributed by atoms with E-state index in [2.05, 4.69) is 21.1 Å². The van der Waals surface area contributed by atoms with Crippen LogP contribution in [0.5, 0.6) is 0 Å². The molecule has 0 saturated carbocycles. The summed E-state index contributed by atoms with van der Waals surface area (Å²) in [6.45, 7) is 2.02. The molecule has 0 aromatic heterocycles. The average molecular weight is 220 g/mol. The first-order valence-corrected chi connectivity index (χ1v) is 5.20. The second-order valence-corrected chi connectivity index (χ2v) is 3.74. The van der Waals surface area contributed by atoms with Gasteiger partial charge in [-0.05, 0) is 26.2 Å². The summed E-state index contributed by atoms with van der Waals surface area (Å²) in [7, 11) is 0. The molecule has 0 radical (unpaired) electrons. The predicted octanol–water partition coefficient (Wildman–Crippen LogP) is 2.72. The quantitative estimate of drug-likeness (QED) is 0.527. The van der Waals surface area contributed by atoms with Crippen LogP contribution in [0.1, 0.15) is 32.6 Å². The highest BCUT2D eigenvalue weighted by molar-refractivity contribution is 9.09. The van der Waals surface area contributed by atoms with Gasteiger partial charge in [-0.3, -0.25) is 0 Å². The first kappa shape index (κ1) is 9.04. The molecule has 0 N–H and O–H groups in total. The SMILES string of the molecule is CC1=NOC(CCCCBr)C1. The van der Waals surface area contributed by atoms with Gasteiger partial charge in [-0.25, -0.2) is 0 Å². The maximum atomic E-state index is 5.18. The lowest BCUT2D eigenvalue weighted by atomic mass is 10.1. The number of unbranched alkanes of at least 4 members (excludes halogenated alkanes) is 1. The third-order valence-corrected chi connectivity index (χ3v) is 2.35. The van der Waals surface area contributed by atoms with Crippen LogP contribution in [0.2, 0.25) is 0 Å². The smallest absolute Gasteiger partial charge is 0.132 e. The van der Waals surface area contributed by atoms with Gasteiger partial charge >= 0.3 is 0 Å². The van der Waals surface area contributed by atoms with Gasteiger partial charge in [0.05, 0.1) is 5.71 Å². The average Bonchev–Trinajstić information content (AvgIpc) is 2.37. The lowest BCUT2D eigenvalue weighted by molar-refractivity contribution is 0.0775. The Morgan fingerprint density at radius 3 is 3.00 bits per heavy atom. The van der Waals surface area contributed by atoms with Crippen molar-refractivity contribution in [1.82, 2.24) is 0 Å². The van der Waals surface area contributed by atoms with Gasteiger partial charge < -0.3 is 4.84 Å². The molecule has 1 heterocycles.